The van der Waals surface area contributed by atoms with Crippen molar-refractivity contribution in [3.63, 3.8) is 0 Å². The number of aryl methyl sites for hydroxylation is 2. The summed E-state index contributed by atoms with van der Waals surface area (Å²) >= 11 is 4.36. The predicted molar refractivity (Wildman–Crippen MR) is 75.2 cm³/mol. The van der Waals surface area contributed by atoms with Crippen LogP contribution in [-0.2, 0) is 17.1 Å². The Hall–Kier alpha value is -1.06. The number of nitrogen functional groups attached to an aromatic ring is 1. The van der Waals surface area contributed by atoms with Crippen LogP contribution in [0.1, 0.15) is 5.69 Å². The molecule has 0 amide bonds. The van der Waals surface area contributed by atoms with E-state index < -0.39 is 10.0 Å². The first-order valence-electron chi connectivity index (χ1n) is 4.88. The Labute approximate surface area is 117 Å². The predicted octanol–water partition coefficient (Wildman–Crippen LogP) is 1.94. The summed E-state index contributed by atoms with van der Waals surface area (Å²) in [4.78, 5) is 0. The van der Waals surface area contributed by atoms with Gasteiger partial charge in [-0.1, -0.05) is 0 Å². The highest BCUT2D eigenvalue weighted by atomic mass is 79.9. The average molecular weight is 351 g/mol. The van der Waals surface area contributed by atoms with Gasteiger partial charge < -0.3 is 5.73 Å². The van der Waals surface area contributed by atoms with Crippen LogP contribution in [0.15, 0.2) is 20.1 Å². The molecule has 3 N–H and O–H groups in total. The van der Waals surface area contributed by atoms with Gasteiger partial charge in [0.2, 0.25) is 0 Å². The zero-order valence-corrected chi connectivity index (χ0v) is 12.9. The fraction of sp³-hybridized carbons (Fsp3) is 0.222. The molecular formula is C9H11BrN4O2S2. The zero-order valence-electron chi connectivity index (χ0n) is 9.64. The molecule has 0 bridgehead atoms. The molecule has 2 aromatic heterocycles. The maximum absolute atomic E-state index is 12.1. The molecule has 18 heavy (non-hydrogen) atoms. The Morgan fingerprint density at radius 3 is 2.61 bits per heavy atom. The number of hydrogen-bond donors (Lipinski definition) is 2. The summed E-state index contributed by atoms with van der Waals surface area (Å²) in [6, 6.07) is 3.20. The van der Waals surface area contributed by atoms with Crippen LogP contribution in [-0.4, -0.2) is 18.2 Å². The van der Waals surface area contributed by atoms with Gasteiger partial charge in [-0.3, -0.25) is 4.72 Å². The number of nitrogens with one attached hydrogen (secondary N) is 1. The lowest BCUT2D eigenvalue weighted by atomic mass is 10.4. The summed E-state index contributed by atoms with van der Waals surface area (Å²) in [7, 11) is -2.00. The molecule has 0 spiro atoms. The number of sulfonamides is 1. The van der Waals surface area contributed by atoms with Crippen LogP contribution in [0.25, 0.3) is 0 Å². The maximum atomic E-state index is 12.1. The second-order valence-corrected chi connectivity index (χ2v) is 8.01. The van der Waals surface area contributed by atoms with Gasteiger partial charge in [0, 0.05) is 7.05 Å². The number of halogens is 1. The van der Waals surface area contributed by atoms with Crippen molar-refractivity contribution in [3.8, 4) is 0 Å². The quantitative estimate of drug-likeness (QED) is 0.884. The maximum Gasteiger partial charge on any atom is 0.272 e. The van der Waals surface area contributed by atoms with Gasteiger partial charge in [-0.05, 0) is 35.0 Å². The van der Waals surface area contributed by atoms with Gasteiger partial charge in [0.15, 0.2) is 5.82 Å². The van der Waals surface area contributed by atoms with Crippen LogP contribution in [0.2, 0.25) is 0 Å². The first-order valence-corrected chi connectivity index (χ1v) is 7.98. The third kappa shape index (κ3) is 2.38. The molecule has 0 aliphatic rings. The van der Waals surface area contributed by atoms with Gasteiger partial charge in [-0.25, -0.2) is 13.1 Å². The minimum Gasteiger partial charge on any atom is -0.394 e. The molecule has 98 valence electrons. The third-order valence-corrected chi connectivity index (χ3v) is 5.77. The summed E-state index contributed by atoms with van der Waals surface area (Å²) < 4.78 is 29.0. The Bertz CT molecular complexity index is 689. The van der Waals surface area contributed by atoms with E-state index in [9.17, 15) is 8.42 Å². The molecule has 0 aromatic carbocycles. The van der Waals surface area contributed by atoms with Crippen LogP contribution in [0, 0.1) is 6.92 Å². The lowest BCUT2D eigenvalue weighted by Crippen LogP contribution is -2.15. The highest BCUT2D eigenvalue weighted by Gasteiger charge is 2.21. The molecule has 2 aromatic rings. The fourth-order valence-electron chi connectivity index (χ4n) is 1.42. The second-order valence-electron chi connectivity index (χ2n) is 3.64. The fourth-order valence-corrected chi connectivity index (χ4v) is 4.53. The van der Waals surface area contributed by atoms with Gasteiger partial charge in [0.1, 0.15) is 4.21 Å². The van der Waals surface area contributed by atoms with Crippen molar-refractivity contribution in [2.75, 3.05) is 10.5 Å². The van der Waals surface area contributed by atoms with Crippen molar-refractivity contribution < 1.29 is 8.42 Å². The highest BCUT2D eigenvalue weighted by Crippen LogP contribution is 2.29. The molecule has 0 radical (unpaired) electrons. The minimum absolute atomic E-state index is 0.215. The normalized spacial score (nSPS) is 11.7. The average Bonchev–Trinajstić information content (AvgIpc) is 2.80. The number of aromatic nitrogens is 2. The van der Waals surface area contributed by atoms with Crippen LogP contribution < -0.4 is 10.5 Å². The molecular weight excluding hydrogens is 340 g/mol. The van der Waals surface area contributed by atoms with E-state index in [1.54, 1.807) is 20.0 Å². The standard InChI is InChI=1S/C9H11BrN4O2S2/c1-5-8(11)9(14(2)12-5)13-18(15,16)7-4-3-6(10)17-7/h3-4,13H,11H2,1-2H3. The molecule has 0 fully saturated rings. The summed E-state index contributed by atoms with van der Waals surface area (Å²) in [5.74, 6) is 0.275. The van der Waals surface area contributed by atoms with Crippen molar-refractivity contribution in [2.45, 2.75) is 11.1 Å². The molecule has 2 heterocycles. The van der Waals surface area contributed by atoms with Crippen molar-refractivity contribution in [1.82, 2.24) is 9.78 Å². The van der Waals surface area contributed by atoms with Gasteiger partial charge >= 0.3 is 0 Å². The summed E-state index contributed by atoms with van der Waals surface area (Å²) in [5.41, 5.74) is 6.69. The third-order valence-electron chi connectivity index (χ3n) is 2.31. The minimum atomic E-state index is -3.63. The topological polar surface area (TPSA) is 90.0 Å². The van der Waals surface area contributed by atoms with Gasteiger partial charge in [0.05, 0.1) is 15.2 Å². The zero-order chi connectivity index (χ0) is 13.5. The molecule has 0 atom stereocenters. The van der Waals surface area contributed by atoms with Crippen molar-refractivity contribution in [2.24, 2.45) is 7.05 Å². The molecule has 9 heteroatoms. The van der Waals surface area contributed by atoms with Gasteiger partial charge in [-0.15, -0.1) is 11.3 Å². The number of thiophene rings is 1. The Kier molecular flexibility index (Phi) is 3.39. The van der Waals surface area contributed by atoms with Crippen molar-refractivity contribution >= 4 is 48.8 Å². The molecule has 0 aliphatic heterocycles. The summed E-state index contributed by atoms with van der Waals surface area (Å²) in [5, 5.41) is 4.05. The van der Waals surface area contributed by atoms with Crippen LogP contribution in [0.4, 0.5) is 11.5 Å². The van der Waals surface area contributed by atoms with Crippen LogP contribution >= 0.6 is 27.3 Å². The number of anilines is 2. The molecule has 2 rings (SSSR count). The van der Waals surface area contributed by atoms with Crippen molar-refractivity contribution in [3.05, 3.63) is 21.6 Å². The lowest BCUT2D eigenvalue weighted by molar-refractivity contribution is 0.602. The number of nitrogens with zero attached hydrogens (tertiary/aromatic N) is 2. The first kappa shape index (κ1) is 13.4. The molecule has 0 saturated carbocycles. The molecule has 6 nitrogen and oxygen atoms in total. The van der Waals surface area contributed by atoms with Crippen LogP contribution in [0.5, 0.6) is 0 Å². The number of hydrogen-bond acceptors (Lipinski definition) is 5. The number of nitrogens with two attached hydrogens (primary N) is 1. The Morgan fingerprint density at radius 1 is 1.50 bits per heavy atom. The van der Waals surface area contributed by atoms with E-state index in [1.807, 2.05) is 0 Å². The SMILES string of the molecule is Cc1nn(C)c(NS(=O)(=O)c2ccc(Br)s2)c1N. The van der Waals surface area contributed by atoms with E-state index >= 15 is 0 Å². The summed E-state index contributed by atoms with van der Waals surface area (Å²) in [6.07, 6.45) is 0. The van der Waals surface area contributed by atoms with Crippen molar-refractivity contribution in [1.29, 1.82) is 0 Å². The summed E-state index contributed by atoms with van der Waals surface area (Å²) in [6.45, 7) is 1.72. The molecule has 0 unspecified atom stereocenters. The van der Waals surface area contributed by atoms with Gasteiger partial charge in [-0.2, -0.15) is 5.10 Å². The molecule has 0 aliphatic carbocycles. The van der Waals surface area contributed by atoms with Gasteiger partial charge in [0.25, 0.3) is 10.0 Å². The van der Waals surface area contributed by atoms with E-state index in [-0.39, 0.29) is 10.0 Å². The second kappa shape index (κ2) is 4.56. The monoisotopic (exact) mass is 350 g/mol. The van der Waals surface area contributed by atoms with E-state index in [0.29, 0.717) is 11.4 Å². The van der Waals surface area contributed by atoms with Crippen LogP contribution in [0.3, 0.4) is 0 Å². The number of rotatable bonds is 3. The van der Waals surface area contributed by atoms with E-state index in [4.69, 9.17) is 5.73 Å². The molecule has 0 saturated heterocycles. The van der Waals surface area contributed by atoms with E-state index in [2.05, 4.69) is 25.8 Å². The smallest absolute Gasteiger partial charge is 0.272 e. The first-order chi connectivity index (χ1) is 8.31. The van der Waals surface area contributed by atoms with E-state index in [0.717, 1.165) is 15.1 Å². The Balaban J connectivity index is 2.39. The lowest BCUT2D eigenvalue weighted by Gasteiger charge is -2.07. The van der Waals surface area contributed by atoms with E-state index in [1.165, 1.54) is 10.7 Å². The largest absolute Gasteiger partial charge is 0.394 e. The highest BCUT2D eigenvalue weighted by molar-refractivity contribution is 9.11. The Morgan fingerprint density at radius 2 is 2.17 bits per heavy atom.